The van der Waals surface area contributed by atoms with Crippen LogP contribution in [0.4, 0.5) is 5.69 Å². The van der Waals surface area contributed by atoms with Crippen LogP contribution in [0.25, 0.3) is 40.0 Å². The van der Waals surface area contributed by atoms with Gasteiger partial charge in [0.15, 0.2) is 5.58 Å². The van der Waals surface area contributed by atoms with E-state index in [1.807, 2.05) is 18.2 Å². The zero-order valence-electron chi connectivity index (χ0n) is 20.5. The summed E-state index contributed by atoms with van der Waals surface area (Å²) in [4.78, 5) is 17.1. The molecule has 0 atom stereocenters. The molecular formula is C30H24Cl2N2O3. The van der Waals surface area contributed by atoms with Crippen LogP contribution in [0.15, 0.2) is 87.7 Å². The number of furan rings is 1. The van der Waals surface area contributed by atoms with Gasteiger partial charge in [-0.3, -0.25) is 4.79 Å². The monoisotopic (exact) mass is 530 g/mol. The van der Waals surface area contributed by atoms with Crippen molar-refractivity contribution in [1.82, 2.24) is 4.98 Å². The van der Waals surface area contributed by atoms with Gasteiger partial charge in [-0.05, 0) is 71.7 Å². The Morgan fingerprint density at radius 3 is 2.49 bits per heavy atom. The highest BCUT2D eigenvalue weighted by Crippen LogP contribution is 2.34. The second-order valence-electron chi connectivity index (χ2n) is 9.65. The number of carbonyl (C=O) groups excluding carboxylic acids is 1. The summed E-state index contributed by atoms with van der Waals surface area (Å²) in [6.45, 7) is 6.53. The molecule has 0 saturated heterocycles. The van der Waals surface area contributed by atoms with Gasteiger partial charge in [0.05, 0.1) is 10.0 Å². The minimum atomic E-state index is -0.306. The van der Waals surface area contributed by atoms with Crippen LogP contribution in [-0.2, 0) is 10.2 Å². The van der Waals surface area contributed by atoms with Crippen molar-refractivity contribution in [3.63, 3.8) is 0 Å². The van der Waals surface area contributed by atoms with Gasteiger partial charge in [-0.25, -0.2) is 4.98 Å². The summed E-state index contributed by atoms with van der Waals surface area (Å²) in [6.07, 6.45) is 2.99. The number of carbonyl (C=O) groups is 1. The van der Waals surface area contributed by atoms with E-state index in [1.54, 1.807) is 48.5 Å². The SMILES string of the molecule is CC(C)(C)c1ccc(-c2nc3cc(NC(=O)C=Cc4ccc(-c5cccc(Cl)c5Cl)o4)ccc3o2)cc1. The van der Waals surface area contributed by atoms with Crippen LogP contribution < -0.4 is 5.32 Å². The van der Waals surface area contributed by atoms with Crippen LogP contribution in [0.1, 0.15) is 32.1 Å². The summed E-state index contributed by atoms with van der Waals surface area (Å²) in [7, 11) is 0. The average molecular weight is 531 g/mol. The molecule has 1 N–H and O–H groups in total. The summed E-state index contributed by atoms with van der Waals surface area (Å²) < 4.78 is 11.7. The van der Waals surface area contributed by atoms with Gasteiger partial charge in [0, 0.05) is 22.9 Å². The van der Waals surface area contributed by atoms with Gasteiger partial charge in [0.25, 0.3) is 0 Å². The lowest BCUT2D eigenvalue weighted by Gasteiger charge is -2.18. The number of amides is 1. The Kier molecular flexibility index (Phi) is 6.67. The number of oxazole rings is 1. The molecule has 37 heavy (non-hydrogen) atoms. The third-order valence-electron chi connectivity index (χ3n) is 5.90. The Hall–Kier alpha value is -3.80. The molecule has 3 aromatic carbocycles. The van der Waals surface area contributed by atoms with Gasteiger partial charge in [0.2, 0.25) is 11.8 Å². The van der Waals surface area contributed by atoms with Gasteiger partial charge in [-0.1, -0.05) is 62.2 Å². The molecule has 0 radical (unpaired) electrons. The van der Waals surface area contributed by atoms with Gasteiger partial charge < -0.3 is 14.2 Å². The average Bonchev–Trinajstić information content (AvgIpc) is 3.51. The minimum absolute atomic E-state index is 0.0739. The third-order valence-corrected chi connectivity index (χ3v) is 6.71. The van der Waals surface area contributed by atoms with Crippen molar-refractivity contribution < 1.29 is 13.6 Å². The molecule has 5 aromatic rings. The van der Waals surface area contributed by atoms with Crippen molar-refractivity contribution in [2.75, 3.05) is 5.32 Å². The molecule has 0 aliphatic rings. The van der Waals surface area contributed by atoms with Gasteiger partial charge in [0.1, 0.15) is 17.0 Å². The first-order valence-electron chi connectivity index (χ1n) is 11.7. The number of nitrogens with zero attached hydrogens (tertiary/aromatic N) is 1. The van der Waals surface area contributed by atoms with E-state index in [4.69, 9.17) is 32.0 Å². The standard InChI is InChI=1S/C30H24Cl2N2O3/c1-30(2,3)19-9-7-18(8-10-19)29-34-24-17-20(11-14-26(24)37-29)33-27(35)16-13-21-12-15-25(36-21)22-5-4-6-23(31)28(22)32/h4-17H,1-3H3,(H,33,35). The molecule has 7 heteroatoms. The number of benzene rings is 3. The van der Waals surface area contributed by atoms with Crippen LogP contribution in [0.2, 0.25) is 10.0 Å². The first-order chi connectivity index (χ1) is 17.7. The Morgan fingerprint density at radius 2 is 1.73 bits per heavy atom. The Labute approximate surface area is 224 Å². The van der Waals surface area contributed by atoms with E-state index < -0.39 is 0 Å². The van der Waals surface area contributed by atoms with E-state index in [-0.39, 0.29) is 11.3 Å². The normalized spacial score (nSPS) is 11.9. The fourth-order valence-electron chi connectivity index (χ4n) is 3.86. The zero-order valence-corrected chi connectivity index (χ0v) is 22.0. The summed E-state index contributed by atoms with van der Waals surface area (Å²) in [5.74, 6) is 1.30. The molecule has 2 heterocycles. The van der Waals surface area contributed by atoms with Crippen LogP contribution in [0.3, 0.4) is 0 Å². The Morgan fingerprint density at radius 1 is 0.946 bits per heavy atom. The van der Waals surface area contributed by atoms with E-state index in [9.17, 15) is 4.79 Å². The van der Waals surface area contributed by atoms with Crippen LogP contribution in [0, 0.1) is 0 Å². The van der Waals surface area contributed by atoms with Crippen molar-refractivity contribution in [1.29, 1.82) is 0 Å². The lowest BCUT2D eigenvalue weighted by atomic mass is 9.87. The minimum Gasteiger partial charge on any atom is -0.457 e. The van der Waals surface area contributed by atoms with Crippen molar-refractivity contribution in [2.24, 2.45) is 0 Å². The molecule has 0 aliphatic heterocycles. The molecule has 0 aliphatic carbocycles. The zero-order chi connectivity index (χ0) is 26.2. The maximum absolute atomic E-state index is 12.5. The molecule has 0 saturated carbocycles. The smallest absolute Gasteiger partial charge is 0.248 e. The number of nitrogens with one attached hydrogen (secondary N) is 1. The summed E-state index contributed by atoms with van der Waals surface area (Å²) in [5, 5.41) is 3.71. The molecule has 5 nitrogen and oxygen atoms in total. The van der Waals surface area contributed by atoms with Crippen LogP contribution >= 0.6 is 23.2 Å². The highest BCUT2D eigenvalue weighted by Gasteiger charge is 2.15. The molecule has 1 amide bonds. The molecule has 186 valence electrons. The molecule has 5 rings (SSSR count). The van der Waals surface area contributed by atoms with E-state index in [0.29, 0.717) is 49.8 Å². The number of hydrogen-bond donors (Lipinski definition) is 1. The van der Waals surface area contributed by atoms with E-state index in [2.05, 4.69) is 43.2 Å². The molecule has 0 bridgehead atoms. The van der Waals surface area contributed by atoms with Crippen molar-refractivity contribution in [2.45, 2.75) is 26.2 Å². The number of fused-ring (bicyclic) bond motifs is 1. The first-order valence-corrected chi connectivity index (χ1v) is 12.5. The van der Waals surface area contributed by atoms with E-state index >= 15 is 0 Å². The maximum atomic E-state index is 12.5. The topological polar surface area (TPSA) is 68.3 Å². The van der Waals surface area contributed by atoms with Gasteiger partial charge in [-0.2, -0.15) is 0 Å². The largest absolute Gasteiger partial charge is 0.457 e. The third kappa shape index (κ3) is 5.48. The van der Waals surface area contributed by atoms with Crippen molar-refractivity contribution in [3.8, 4) is 22.8 Å². The lowest BCUT2D eigenvalue weighted by molar-refractivity contribution is -0.111. The van der Waals surface area contributed by atoms with Gasteiger partial charge >= 0.3 is 0 Å². The fraction of sp³-hybridized carbons (Fsp3) is 0.133. The summed E-state index contributed by atoms with van der Waals surface area (Å²) >= 11 is 12.4. The molecule has 0 spiro atoms. The van der Waals surface area contributed by atoms with Crippen LogP contribution in [-0.4, -0.2) is 10.9 Å². The van der Waals surface area contributed by atoms with Crippen LogP contribution in [0.5, 0.6) is 0 Å². The summed E-state index contributed by atoms with van der Waals surface area (Å²) in [6, 6.07) is 22.4. The van der Waals surface area contributed by atoms with Crippen molar-refractivity contribution in [3.05, 3.63) is 100 Å². The summed E-state index contributed by atoms with van der Waals surface area (Å²) in [5.41, 5.74) is 4.81. The lowest BCUT2D eigenvalue weighted by Crippen LogP contribution is -2.10. The molecule has 0 unspecified atom stereocenters. The number of halogens is 2. The predicted molar refractivity (Wildman–Crippen MR) is 150 cm³/mol. The fourth-order valence-corrected chi connectivity index (χ4v) is 4.26. The number of aromatic nitrogens is 1. The van der Waals surface area contributed by atoms with E-state index in [0.717, 1.165) is 5.56 Å². The highest BCUT2D eigenvalue weighted by molar-refractivity contribution is 6.43. The Bertz CT molecular complexity index is 1620. The number of rotatable bonds is 5. The highest BCUT2D eigenvalue weighted by atomic mass is 35.5. The predicted octanol–water partition coefficient (Wildman–Crippen LogP) is 9.01. The second-order valence-corrected chi connectivity index (χ2v) is 10.4. The molecular weight excluding hydrogens is 507 g/mol. The Balaban J connectivity index is 1.28. The molecule has 2 aromatic heterocycles. The molecule has 0 fully saturated rings. The maximum Gasteiger partial charge on any atom is 0.248 e. The first kappa shape index (κ1) is 24.9. The number of anilines is 1. The number of hydrogen-bond acceptors (Lipinski definition) is 4. The van der Waals surface area contributed by atoms with E-state index in [1.165, 1.54) is 11.6 Å². The quantitative estimate of drug-likeness (QED) is 0.230. The second kappa shape index (κ2) is 9.92. The van der Waals surface area contributed by atoms with Gasteiger partial charge in [-0.15, -0.1) is 0 Å². The van der Waals surface area contributed by atoms with Crippen molar-refractivity contribution >= 4 is 52.0 Å².